The summed E-state index contributed by atoms with van der Waals surface area (Å²) in [6, 6.07) is -0.863. The number of carboxylic acid groups (broad SMARTS) is 1. The van der Waals surface area contributed by atoms with Gasteiger partial charge in [0.1, 0.15) is 6.04 Å². The Kier molecular flexibility index (Phi) is 12.3. The van der Waals surface area contributed by atoms with Crippen molar-refractivity contribution < 1.29 is 29.4 Å². The van der Waals surface area contributed by atoms with E-state index in [1.54, 1.807) is 0 Å². The van der Waals surface area contributed by atoms with Gasteiger partial charge in [-0.3, -0.25) is 4.79 Å². The van der Waals surface area contributed by atoms with Gasteiger partial charge in [-0.25, -0.2) is 4.79 Å². The number of hydrogen-bond acceptors (Lipinski definition) is 7. The molecule has 1 amide bonds. The number of ether oxygens (including phenoxy) is 1. The molecule has 10 nitrogen and oxygen atoms in total. The molecule has 4 N–H and O–H groups in total. The quantitative estimate of drug-likeness (QED) is 0.242. The second-order valence-corrected chi connectivity index (χ2v) is 4.97. The van der Waals surface area contributed by atoms with Gasteiger partial charge in [0.2, 0.25) is 0 Å². The monoisotopic (exact) mass is 335 g/mol. The molecule has 0 bridgehead atoms. The van der Waals surface area contributed by atoms with Gasteiger partial charge in [-0.05, 0) is 38.5 Å². The highest BCUT2D eigenvalue weighted by atomic mass is 16.9. The first-order chi connectivity index (χ1) is 10.9. The summed E-state index contributed by atoms with van der Waals surface area (Å²) in [5, 5.41) is 20.2. The van der Waals surface area contributed by atoms with E-state index in [1.165, 1.54) is 0 Å². The maximum absolute atomic E-state index is 11.3. The van der Waals surface area contributed by atoms with E-state index in [1.807, 2.05) is 0 Å². The molecule has 1 unspecified atom stereocenters. The Hall–Kier alpha value is -2.10. The Bertz CT molecular complexity index is 365. The topological polar surface area (TPSA) is 154 Å². The number of alkyl carbamates (subject to hydrolysis) is 1. The van der Waals surface area contributed by atoms with Gasteiger partial charge in [0, 0.05) is 6.54 Å². The molecular weight excluding hydrogens is 310 g/mol. The van der Waals surface area contributed by atoms with E-state index >= 15 is 0 Å². The second kappa shape index (κ2) is 13.6. The average molecular weight is 335 g/mol. The fraction of sp³-hybridized carbons (Fsp3) is 0.846. The molecule has 0 radical (unpaired) electrons. The minimum absolute atomic E-state index is 0.0832. The van der Waals surface area contributed by atoms with E-state index in [9.17, 15) is 19.7 Å². The lowest BCUT2D eigenvalue weighted by molar-refractivity contribution is -0.757. The largest absolute Gasteiger partial charge is 0.480 e. The van der Waals surface area contributed by atoms with Crippen LogP contribution in [0.2, 0.25) is 0 Å². The molecule has 134 valence electrons. The summed E-state index contributed by atoms with van der Waals surface area (Å²) < 4.78 is 4.94. The molecular formula is C13H25N3O7. The van der Waals surface area contributed by atoms with E-state index in [-0.39, 0.29) is 13.2 Å². The summed E-state index contributed by atoms with van der Waals surface area (Å²) in [4.78, 5) is 35.8. The number of amides is 1. The Morgan fingerprint density at radius 3 is 2.39 bits per heavy atom. The molecule has 0 aromatic rings. The van der Waals surface area contributed by atoms with Gasteiger partial charge in [0.15, 0.2) is 0 Å². The van der Waals surface area contributed by atoms with Crippen molar-refractivity contribution in [2.45, 2.75) is 51.0 Å². The first-order valence-corrected chi connectivity index (χ1v) is 7.59. The molecule has 0 rings (SSSR count). The summed E-state index contributed by atoms with van der Waals surface area (Å²) in [5.41, 5.74) is 5.35. The Morgan fingerprint density at radius 1 is 1.13 bits per heavy atom. The van der Waals surface area contributed by atoms with E-state index < -0.39 is 23.2 Å². The molecule has 0 saturated heterocycles. The number of carbonyl (C=O) groups is 2. The molecule has 1 atom stereocenters. The normalized spacial score (nSPS) is 11.5. The van der Waals surface area contributed by atoms with Gasteiger partial charge in [-0.15, -0.1) is 10.1 Å². The van der Waals surface area contributed by atoms with Crippen LogP contribution in [0.3, 0.4) is 0 Å². The SMILES string of the molecule is NC(CCCCNC(=O)OCCCCCCO[N+](=O)[O-])C(=O)O. The third kappa shape index (κ3) is 14.6. The van der Waals surface area contributed by atoms with E-state index in [0.717, 1.165) is 12.8 Å². The maximum Gasteiger partial charge on any atom is 0.407 e. The van der Waals surface area contributed by atoms with E-state index in [0.29, 0.717) is 38.6 Å². The number of carbonyl (C=O) groups excluding carboxylic acids is 1. The summed E-state index contributed by atoms with van der Waals surface area (Å²) in [6.45, 7) is 0.773. The van der Waals surface area contributed by atoms with Crippen LogP contribution in [0.5, 0.6) is 0 Å². The predicted octanol–water partition coefficient (Wildman–Crippen LogP) is 1.06. The summed E-state index contributed by atoms with van der Waals surface area (Å²) in [5.74, 6) is -1.03. The number of hydrogen-bond donors (Lipinski definition) is 3. The summed E-state index contributed by atoms with van der Waals surface area (Å²) >= 11 is 0. The molecule has 0 heterocycles. The smallest absolute Gasteiger partial charge is 0.407 e. The molecule has 0 aliphatic heterocycles. The van der Waals surface area contributed by atoms with Crippen LogP contribution in [-0.2, 0) is 14.4 Å². The number of aliphatic carboxylic acids is 1. The Morgan fingerprint density at radius 2 is 1.78 bits per heavy atom. The first kappa shape index (κ1) is 20.9. The van der Waals surface area contributed by atoms with Crippen LogP contribution in [-0.4, -0.2) is 48.1 Å². The molecule has 0 aliphatic carbocycles. The van der Waals surface area contributed by atoms with Crippen LogP contribution in [0.25, 0.3) is 0 Å². The van der Waals surface area contributed by atoms with Crippen molar-refractivity contribution in [2.75, 3.05) is 19.8 Å². The lowest BCUT2D eigenvalue weighted by Gasteiger charge is -2.08. The molecule has 10 heteroatoms. The van der Waals surface area contributed by atoms with Crippen LogP contribution >= 0.6 is 0 Å². The van der Waals surface area contributed by atoms with Gasteiger partial charge >= 0.3 is 12.1 Å². The molecule has 23 heavy (non-hydrogen) atoms. The summed E-state index contributed by atoms with van der Waals surface area (Å²) in [6.07, 6.45) is 3.93. The van der Waals surface area contributed by atoms with E-state index in [2.05, 4.69) is 10.2 Å². The average Bonchev–Trinajstić information content (AvgIpc) is 2.48. The lowest BCUT2D eigenvalue weighted by atomic mass is 10.1. The molecule has 0 fully saturated rings. The highest BCUT2D eigenvalue weighted by Crippen LogP contribution is 2.01. The van der Waals surface area contributed by atoms with Crippen molar-refractivity contribution >= 4 is 12.1 Å². The third-order valence-corrected chi connectivity index (χ3v) is 3.00. The third-order valence-electron chi connectivity index (χ3n) is 3.00. The number of rotatable bonds is 14. The second-order valence-electron chi connectivity index (χ2n) is 4.97. The van der Waals surface area contributed by atoms with Crippen LogP contribution < -0.4 is 11.1 Å². The number of nitrogens with one attached hydrogen (secondary N) is 1. The van der Waals surface area contributed by atoms with Crippen molar-refractivity contribution in [3.8, 4) is 0 Å². The highest BCUT2D eigenvalue weighted by Gasteiger charge is 2.10. The zero-order valence-electron chi connectivity index (χ0n) is 13.1. The zero-order chi connectivity index (χ0) is 17.5. The van der Waals surface area contributed by atoms with Gasteiger partial charge in [-0.2, -0.15) is 0 Å². The highest BCUT2D eigenvalue weighted by molar-refractivity contribution is 5.72. The number of carboxylic acids is 1. The zero-order valence-corrected chi connectivity index (χ0v) is 13.1. The van der Waals surface area contributed by atoms with Gasteiger partial charge in [0.05, 0.1) is 13.2 Å². The first-order valence-electron chi connectivity index (χ1n) is 7.59. The van der Waals surface area contributed by atoms with Gasteiger partial charge in [-0.1, -0.05) is 6.42 Å². The van der Waals surface area contributed by atoms with Crippen LogP contribution in [0.4, 0.5) is 4.79 Å². The summed E-state index contributed by atoms with van der Waals surface area (Å²) in [7, 11) is 0. The minimum Gasteiger partial charge on any atom is -0.480 e. The van der Waals surface area contributed by atoms with Crippen molar-refractivity contribution in [2.24, 2.45) is 5.73 Å². The van der Waals surface area contributed by atoms with Gasteiger partial charge < -0.3 is 25.7 Å². The lowest BCUT2D eigenvalue weighted by Crippen LogP contribution is -2.30. The van der Waals surface area contributed by atoms with Crippen LogP contribution in [0.15, 0.2) is 0 Å². The number of unbranched alkanes of at least 4 members (excludes halogenated alkanes) is 4. The van der Waals surface area contributed by atoms with Crippen molar-refractivity contribution in [1.82, 2.24) is 5.32 Å². The van der Waals surface area contributed by atoms with Crippen LogP contribution in [0.1, 0.15) is 44.9 Å². The van der Waals surface area contributed by atoms with Crippen molar-refractivity contribution in [3.05, 3.63) is 10.1 Å². The molecule has 0 aliphatic rings. The van der Waals surface area contributed by atoms with Crippen molar-refractivity contribution in [3.63, 3.8) is 0 Å². The maximum atomic E-state index is 11.3. The van der Waals surface area contributed by atoms with Crippen LogP contribution in [0, 0.1) is 10.1 Å². The Balaban J connectivity index is 3.31. The fourth-order valence-corrected chi connectivity index (χ4v) is 1.72. The fourth-order valence-electron chi connectivity index (χ4n) is 1.72. The minimum atomic E-state index is -1.03. The van der Waals surface area contributed by atoms with Gasteiger partial charge in [0.25, 0.3) is 5.09 Å². The molecule has 0 spiro atoms. The Labute approximate surface area is 134 Å². The van der Waals surface area contributed by atoms with E-state index in [4.69, 9.17) is 15.6 Å². The standard InChI is InChI=1S/C13H25N3O7/c14-11(12(17)18)7-3-4-8-15-13(19)22-9-5-1-2-6-10-23-16(20)21/h11H,1-10,14H2,(H,15,19)(H,17,18). The van der Waals surface area contributed by atoms with Crippen molar-refractivity contribution in [1.29, 1.82) is 0 Å². The molecule has 0 aromatic carbocycles. The predicted molar refractivity (Wildman–Crippen MR) is 80.2 cm³/mol. The molecule has 0 aromatic heterocycles. The number of nitrogens with two attached hydrogens (primary N) is 1. The molecule has 0 saturated carbocycles. The number of nitrogens with zero attached hydrogens (tertiary/aromatic N) is 1.